The summed E-state index contributed by atoms with van der Waals surface area (Å²) in [6, 6.07) is 16.4. The number of imidazole rings is 1. The number of nitrogens with one attached hydrogen (secondary N) is 1. The van der Waals surface area contributed by atoms with E-state index in [9.17, 15) is 5.11 Å². The van der Waals surface area contributed by atoms with Crippen LogP contribution in [0.3, 0.4) is 0 Å². The van der Waals surface area contributed by atoms with Gasteiger partial charge in [-0.1, -0.05) is 18.2 Å². The summed E-state index contributed by atoms with van der Waals surface area (Å²) in [7, 11) is 0. The molecule has 0 radical (unpaired) electrons. The molecule has 31 heavy (non-hydrogen) atoms. The maximum absolute atomic E-state index is 10.3. The van der Waals surface area contributed by atoms with Crippen molar-refractivity contribution in [2.45, 2.75) is 51.2 Å². The van der Waals surface area contributed by atoms with Gasteiger partial charge in [-0.25, -0.2) is 9.50 Å². The van der Waals surface area contributed by atoms with Crippen LogP contribution in [0.2, 0.25) is 0 Å². The highest BCUT2D eigenvalue weighted by Crippen LogP contribution is 2.33. The minimum absolute atomic E-state index is 0.364. The van der Waals surface area contributed by atoms with Gasteiger partial charge in [-0.05, 0) is 75.8 Å². The highest BCUT2D eigenvalue weighted by atomic mass is 16.3. The van der Waals surface area contributed by atoms with E-state index in [2.05, 4.69) is 22.4 Å². The minimum atomic E-state index is -0.599. The van der Waals surface area contributed by atoms with Crippen molar-refractivity contribution in [3.05, 3.63) is 61.0 Å². The second kappa shape index (κ2) is 7.85. The SMILES string of the molecule is CC(C)(O)C1CCC(Nc2ccc3ncc(-c4cccc(-c5ccco5)c4)n3n2)CC1. The zero-order valence-corrected chi connectivity index (χ0v) is 18.0. The number of aliphatic hydroxyl groups is 1. The lowest BCUT2D eigenvalue weighted by Crippen LogP contribution is -2.37. The van der Waals surface area contributed by atoms with Crippen molar-refractivity contribution in [1.82, 2.24) is 14.6 Å². The van der Waals surface area contributed by atoms with E-state index >= 15 is 0 Å². The van der Waals surface area contributed by atoms with Gasteiger partial charge in [-0.2, -0.15) is 0 Å². The molecule has 0 saturated heterocycles. The largest absolute Gasteiger partial charge is 0.464 e. The topological polar surface area (TPSA) is 75.6 Å². The molecule has 1 aliphatic rings. The molecule has 2 N–H and O–H groups in total. The third-order valence-electron chi connectivity index (χ3n) is 6.40. The Morgan fingerprint density at radius 2 is 1.84 bits per heavy atom. The number of rotatable bonds is 5. The Labute approximate surface area is 181 Å². The monoisotopic (exact) mass is 416 g/mol. The average molecular weight is 417 g/mol. The normalized spacial score (nSPS) is 19.6. The predicted molar refractivity (Wildman–Crippen MR) is 122 cm³/mol. The number of nitrogens with zero attached hydrogens (tertiary/aromatic N) is 3. The van der Waals surface area contributed by atoms with Gasteiger partial charge in [0.05, 0.1) is 23.8 Å². The summed E-state index contributed by atoms with van der Waals surface area (Å²) in [5.74, 6) is 2.05. The van der Waals surface area contributed by atoms with Crippen LogP contribution in [0.15, 0.2) is 65.4 Å². The van der Waals surface area contributed by atoms with Crippen LogP contribution in [0.5, 0.6) is 0 Å². The number of hydrogen-bond donors (Lipinski definition) is 2. The van der Waals surface area contributed by atoms with Crippen LogP contribution in [0.4, 0.5) is 5.82 Å². The molecule has 1 aliphatic carbocycles. The second-order valence-corrected chi connectivity index (χ2v) is 9.04. The Morgan fingerprint density at radius 1 is 1.03 bits per heavy atom. The average Bonchev–Trinajstić information content (AvgIpc) is 3.44. The third kappa shape index (κ3) is 4.08. The molecule has 5 rings (SSSR count). The number of fused-ring (bicyclic) bond motifs is 1. The molecular weight excluding hydrogens is 388 g/mol. The van der Waals surface area contributed by atoms with Crippen LogP contribution in [0.25, 0.3) is 28.2 Å². The lowest BCUT2D eigenvalue weighted by molar-refractivity contribution is -0.000405. The first kappa shape index (κ1) is 19.8. The van der Waals surface area contributed by atoms with Gasteiger partial charge in [0.25, 0.3) is 0 Å². The first-order valence-corrected chi connectivity index (χ1v) is 11.0. The fraction of sp³-hybridized carbons (Fsp3) is 0.360. The predicted octanol–water partition coefficient (Wildman–Crippen LogP) is 5.40. The molecule has 0 amide bonds. The van der Waals surface area contributed by atoms with E-state index in [1.54, 1.807) is 6.26 Å². The van der Waals surface area contributed by atoms with Gasteiger partial charge in [-0.3, -0.25) is 0 Å². The van der Waals surface area contributed by atoms with Crippen LogP contribution in [-0.2, 0) is 0 Å². The van der Waals surface area contributed by atoms with E-state index in [1.807, 2.05) is 61.0 Å². The molecule has 3 heterocycles. The van der Waals surface area contributed by atoms with Gasteiger partial charge in [0, 0.05) is 17.2 Å². The summed E-state index contributed by atoms with van der Waals surface area (Å²) in [4.78, 5) is 4.53. The van der Waals surface area contributed by atoms with Crippen molar-refractivity contribution in [2.75, 3.05) is 5.32 Å². The Morgan fingerprint density at radius 3 is 2.58 bits per heavy atom. The lowest BCUT2D eigenvalue weighted by Gasteiger charge is -2.36. The minimum Gasteiger partial charge on any atom is -0.464 e. The Hall–Kier alpha value is -3.12. The number of furan rings is 1. The van der Waals surface area contributed by atoms with Gasteiger partial charge in [0.1, 0.15) is 11.6 Å². The second-order valence-electron chi connectivity index (χ2n) is 9.04. The molecule has 160 valence electrons. The molecule has 0 atom stereocenters. The van der Waals surface area contributed by atoms with Crippen molar-refractivity contribution in [3.63, 3.8) is 0 Å². The van der Waals surface area contributed by atoms with Crippen LogP contribution in [-0.4, -0.2) is 31.3 Å². The van der Waals surface area contributed by atoms with Crippen LogP contribution < -0.4 is 5.32 Å². The van der Waals surface area contributed by atoms with Crippen molar-refractivity contribution < 1.29 is 9.52 Å². The van der Waals surface area contributed by atoms with Gasteiger partial charge >= 0.3 is 0 Å². The molecule has 6 heteroatoms. The number of aromatic nitrogens is 3. The Bertz CT molecular complexity index is 1170. The van der Waals surface area contributed by atoms with Gasteiger partial charge in [-0.15, -0.1) is 5.10 Å². The van der Waals surface area contributed by atoms with Crippen molar-refractivity contribution in [1.29, 1.82) is 0 Å². The molecule has 3 aromatic heterocycles. The number of benzene rings is 1. The number of anilines is 1. The van der Waals surface area contributed by atoms with E-state index in [4.69, 9.17) is 9.52 Å². The van der Waals surface area contributed by atoms with Crippen molar-refractivity contribution >= 4 is 11.5 Å². The van der Waals surface area contributed by atoms with Crippen molar-refractivity contribution in [2.24, 2.45) is 5.92 Å². The van der Waals surface area contributed by atoms with Crippen LogP contribution in [0.1, 0.15) is 39.5 Å². The van der Waals surface area contributed by atoms with E-state index in [0.717, 1.165) is 59.7 Å². The van der Waals surface area contributed by atoms with Gasteiger partial charge in [0.15, 0.2) is 5.65 Å². The highest BCUT2D eigenvalue weighted by Gasteiger charge is 2.31. The highest BCUT2D eigenvalue weighted by molar-refractivity contribution is 5.70. The molecular formula is C25H28N4O2. The van der Waals surface area contributed by atoms with Crippen molar-refractivity contribution in [3.8, 4) is 22.6 Å². The summed E-state index contributed by atoms with van der Waals surface area (Å²) < 4.78 is 7.44. The molecule has 0 unspecified atom stereocenters. The standard InChI is InChI=1S/C25H28N4O2/c1-25(2,30)19-8-10-20(11-9-19)27-23-12-13-24-26-16-21(29(24)28-23)17-5-3-6-18(15-17)22-7-4-14-31-22/h3-7,12-16,19-20,30H,8-11H2,1-2H3,(H,27,28). The zero-order valence-electron chi connectivity index (χ0n) is 18.0. The Kier molecular flexibility index (Phi) is 5.02. The Balaban J connectivity index is 1.38. The van der Waals surface area contributed by atoms with E-state index in [0.29, 0.717) is 12.0 Å². The molecule has 0 aliphatic heterocycles. The van der Waals surface area contributed by atoms with Crippen LogP contribution in [0, 0.1) is 5.92 Å². The summed E-state index contributed by atoms with van der Waals surface area (Å²) in [6.45, 7) is 3.84. The van der Waals surface area contributed by atoms with Crippen LogP contribution >= 0.6 is 0 Å². The molecule has 1 saturated carbocycles. The van der Waals surface area contributed by atoms with Gasteiger partial charge in [0.2, 0.25) is 0 Å². The smallest absolute Gasteiger partial charge is 0.154 e. The summed E-state index contributed by atoms with van der Waals surface area (Å²) in [5.41, 5.74) is 3.22. The fourth-order valence-corrected chi connectivity index (χ4v) is 4.58. The lowest BCUT2D eigenvalue weighted by atomic mass is 9.77. The van der Waals surface area contributed by atoms with E-state index in [-0.39, 0.29) is 0 Å². The quantitative estimate of drug-likeness (QED) is 0.456. The summed E-state index contributed by atoms with van der Waals surface area (Å²) in [5, 5.41) is 18.7. The fourth-order valence-electron chi connectivity index (χ4n) is 4.58. The maximum atomic E-state index is 10.3. The van der Waals surface area contributed by atoms with E-state index in [1.165, 1.54) is 0 Å². The zero-order chi connectivity index (χ0) is 21.4. The van der Waals surface area contributed by atoms with Gasteiger partial charge < -0.3 is 14.8 Å². The maximum Gasteiger partial charge on any atom is 0.154 e. The molecule has 1 aromatic carbocycles. The molecule has 1 fully saturated rings. The molecule has 0 bridgehead atoms. The summed E-state index contributed by atoms with van der Waals surface area (Å²) in [6.07, 6.45) is 7.68. The number of hydrogen-bond acceptors (Lipinski definition) is 5. The molecule has 6 nitrogen and oxygen atoms in total. The first-order valence-electron chi connectivity index (χ1n) is 11.0. The first-order chi connectivity index (χ1) is 15.0. The van der Waals surface area contributed by atoms with E-state index < -0.39 is 5.60 Å². The third-order valence-corrected chi connectivity index (χ3v) is 6.40. The molecule has 0 spiro atoms. The summed E-state index contributed by atoms with van der Waals surface area (Å²) >= 11 is 0. The molecule has 4 aromatic rings.